The molecule has 0 saturated carbocycles. The molecule has 0 bridgehead atoms. The molecule has 0 aliphatic rings. The first-order chi connectivity index (χ1) is 12.2. The predicted molar refractivity (Wildman–Crippen MR) is 98.0 cm³/mol. The number of esters is 1. The zero-order chi connectivity index (χ0) is 19.3. The van der Waals surface area contributed by atoms with Crippen LogP contribution in [0.25, 0.3) is 10.9 Å². The molecule has 26 heavy (non-hydrogen) atoms. The predicted octanol–water partition coefficient (Wildman–Crippen LogP) is 3.04. The third-order valence-electron chi connectivity index (χ3n) is 3.49. The molecule has 2 rings (SSSR count). The van der Waals surface area contributed by atoms with E-state index in [-0.39, 0.29) is 18.8 Å². The van der Waals surface area contributed by atoms with Crippen LogP contribution in [0.1, 0.15) is 26.3 Å². The van der Waals surface area contributed by atoms with Crippen molar-refractivity contribution in [3.05, 3.63) is 42.6 Å². The Morgan fingerprint density at radius 2 is 2.12 bits per heavy atom. The Balaban J connectivity index is 2.22. The summed E-state index contributed by atoms with van der Waals surface area (Å²) in [5.41, 5.74) is 0.882. The summed E-state index contributed by atoms with van der Waals surface area (Å²) in [5, 5.41) is 13.0. The van der Waals surface area contributed by atoms with Crippen LogP contribution in [-0.2, 0) is 20.7 Å². The average Bonchev–Trinajstić information content (AvgIpc) is 2.92. The highest BCUT2D eigenvalue weighted by Gasteiger charge is 2.26. The molecule has 1 heterocycles. The quantitative estimate of drug-likeness (QED) is 0.543. The molecule has 0 aliphatic heterocycles. The monoisotopic (exact) mass is 360 g/mol. The maximum absolute atomic E-state index is 12.3. The van der Waals surface area contributed by atoms with Crippen molar-refractivity contribution in [2.24, 2.45) is 0 Å². The molecule has 1 amide bonds. The number of phenolic OH excluding ortho intramolecular Hbond substituents is 1. The summed E-state index contributed by atoms with van der Waals surface area (Å²) in [4.78, 5) is 27.5. The van der Waals surface area contributed by atoms with E-state index in [4.69, 9.17) is 9.47 Å². The summed E-state index contributed by atoms with van der Waals surface area (Å²) in [7, 11) is 0. The highest BCUT2D eigenvalue weighted by molar-refractivity contribution is 5.87. The number of aromatic hydroxyl groups is 1. The number of amides is 1. The molecule has 1 aromatic carbocycles. The van der Waals surface area contributed by atoms with E-state index in [2.05, 4.69) is 16.9 Å². The van der Waals surface area contributed by atoms with Crippen molar-refractivity contribution in [3.63, 3.8) is 0 Å². The van der Waals surface area contributed by atoms with Gasteiger partial charge in [0.05, 0.1) is 0 Å². The number of hydrogen-bond donors (Lipinski definition) is 3. The lowest BCUT2D eigenvalue weighted by atomic mass is 10.0. The van der Waals surface area contributed by atoms with E-state index in [0.717, 1.165) is 16.5 Å². The largest absolute Gasteiger partial charge is 0.508 e. The van der Waals surface area contributed by atoms with Crippen LogP contribution in [-0.4, -0.2) is 40.4 Å². The summed E-state index contributed by atoms with van der Waals surface area (Å²) >= 11 is 0. The minimum atomic E-state index is -0.939. The Morgan fingerprint density at radius 3 is 2.77 bits per heavy atom. The van der Waals surface area contributed by atoms with E-state index >= 15 is 0 Å². The fourth-order valence-corrected chi connectivity index (χ4v) is 2.44. The molecule has 0 spiro atoms. The topological polar surface area (TPSA) is 101 Å². The Kier molecular flexibility index (Phi) is 5.92. The molecule has 1 atom stereocenters. The number of phenols is 1. The number of rotatable bonds is 6. The number of benzene rings is 1. The van der Waals surface area contributed by atoms with Crippen LogP contribution >= 0.6 is 0 Å². The summed E-state index contributed by atoms with van der Waals surface area (Å²) in [5.74, 6) is -0.477. The average molecular weight is 360 g/mol. The molecule has 0 aliphatic carbocycles. The molecular formula is C19H24N2O5. The van der Waals surface area contributed by atoms with Crippen LogP contribution in [0.5, 0.6) is 5.75 Å². The molecule has 0 saturated heterocycles. The van der Waals surface area contributed by atoms with Crippen LogP contribution in [0.2, 0.25) is 0 Å². The van der Waals surface area contributed by atoms with E-state index in [1.165, 1.54) is 6.08 Å². The Bertz CT molecular complexity index is 804. The molecule has 7 nitrogen and oxygen atoms in total. The molecule has 7 heteroatoms. The first-order valence-electron chi connectivity index (χ1n) is 8.25. The Morgan fingerprint density at radius 1 is 1.38 bits per heavy atom. The Hall–Kier alpha value is -2.96. The molecule has 2 aromatic rings. The zero-order valence-electron chi connectivity index (χ0n) is 15.2. The number of fused-ring (bicyclic) bond motifs is 1. The third kappa shape index (κ3) is 5.27. The van der Waals surface area contributed by atoms with E-state index in [9.17, 15) is 14.7 Å². The molecule has 0 fully saturated rings. The fraction of sp³-hybridized carbons (Fsp3) is 0.368. The summed E-state index contributed by atoms with van der Waals surface area (Å²) < 4.78 is 10.3. The zero-order valence-corrected chi connectivity index (χ0v) is 15.2. The second-order valence-corrected chi connectivity index (χ2v) is 6.87. The lowest BCUT2D eigenvalue weighted by Crippen LogP contribution is -2.45. The van der Waals surface area contributed by atoms with Gasteiger partial charge in [-0.05, 0) is 44.5 Å². The Labute approximate surface area is 152 Å². The van der Waals surface area contributed by atoms with Gasteiger partial charge in [0, 0.05) is 23.5 Å². The number of alkyl carbamates (subject to hydrolysis) is 1. The van der Waals surface area contributed by atoms with Gasteiger partial charge in [-0.2, -0.15) is 0 Å². The lowest BCUT2D eigenvalue weighted by molar-refractivity contribution is -0.144. The van der Waals surface area contributed by atoms with Gasteiger partial charge >= 0.3 is 12.1 Å². The van der Waals surface area contributed by atoms with Crippen molar-refractivity contribution in [1.29, 1.82) is 0 Å². The van der Waals surface area contributed by atoms with Gasteiger partial charge in [-0.3, -0.25) is 0 Å². The maximum atomic E-state index is 12.3. The number of H-pyrrole nitrogens is 1. The van der Waals surface area contributed by atoms with Crippen LogP contribution < -0.4 is 5.32 Å². The van der Waals surface area contributed by atoms with Crippen molar-refractivity contribution in [1.82, 2.24) is 10.3 Å². The van der Waals surface area contributed by atoms with Crippen molar-refractivity contribution < 1.29 is 24.2 Å². The highest BCUT2D eigenvalue weighted by atomic mass is 16.6. The van der Waals surface area contributed by atoms with Crippen molar-refractivity contribution in [2.75, 3.05) is 6.61 Å². The van der Waals surface area contributed by atoms with Crippen LogP contribution in [0, 0.1) is 0 Å². The number of aromatic amines is 1. The molecule has 0 unspecified atom stereocenters. The maximum Gasteiger partial charge on any atom is 0.408 e. The van der Waals surface area contributed by atoms with Crippen molar-refractivity contribution >= 4 is 23.0 Å². The van der Waals surface area contributed by atoms with E-state index in [1.807, 2.05) is 0 Å². The fourth-order valence-electron chi connectivity index (χ4n) is 2.44. The van der Waals surface area contributed by atoms with Gasteiger partial charge in [0.1, 0.15) is 24.0 Å². The number of nitrogens with one attached hydrogen (secondary N) is 2. The minimum absolute atomic E-state index is 0.0417. The van der Waals surface area contributed by atoms with Gasteiger partial charge in [0.15, 0.2) is 0 Å². The van der Waals surface area contributed by atoms with Crippen molar-refractivity contribution in [3.8, 4) is 5.75 Å². The summed E-state index contributed by atoms with van der Waals surface area (Å²) in [6.07, 6.45) is 2.65. The number of ether oxygens (including phenoxy) is 2. The molecule has 1 aromatic heterocycles. The number of hydrogen-bond acceptors (Lipinski definition) is 5. The normalized spacial score (nSPS) is 12.4. The van der Waals surface area contributed by atoms with Crippen LogP contribution in [0.4, 0.5) is 4.79 Å². The SMILES string of the molecule is C=CCOC(=O)[C@H](Cc1c[nH]c2ccc(O)cc12)NC(=O)OC(C)(C)C. The van der Waals surface area contributed by atoms with Crippen LogP contribution in [0.3, 0.4) is 0 Å². The highest BCUT2D eigenvalue weighted by Crippen LogP contribution is 2.24. The standard InChI is InChI=1S/C19H24N2O5/c1-5-8-25-17(23)16(21-18(24)26-19(2,3)4)9-12-11-20-15-7-6-13(22)10-14(12)15/h5-7,10-11,16,20,22H,1,8-9H2,2-4H3,(H,21,24)/t16-/m0/s1. The third-order valence-corrected chi connectivity index (χ3v) is 3.49. The summed E-state index contributed by atoms with van der Waals surface area (Å²) in [6.45, 7) is 8.76. The van der Waals surface area contributed by atoms with Crippen LogP contribution in [0.15, 0.2) is 37.1 Å². The number of aromatic nitrogens is 1. The van der Waals surface area contributed by atoms with E-state index in [0.29, 0.717) is 0 Å². The molecule has 0 radical (unpaired) electrons. The second-order valence-electron chi connectivity index (χ2n) is 6.87. The minimum Gasteiger partial charge on any atom is -0.508 e. The van der Waals surface area contributed by atoms with Gasteiger partial charge < -0.3 is 24.9 Å². The van der Waals surface area contributed by atoms with Gasteiger partial charge in [-0.15, -0.1) is 0 Å². The van der Waals surface area contributed by atoms with Gasteiger partial charge in [-0.1, -0.05) is 12.7 Å². The van der Waals surface area contributed by atoms with Crippen molar-refractivity contribution in [2.45, 2.75) is 38.8 Å². The number of carbonyl (C=O) groups is 2. The molecular weight excluding hydrogens is 336 g/mol. The van der Waals surface area contributed by atoms with E-state index in [1.54, 1.807) is 45.2 Å². The smallest absolute Gasteiger partial charge is 0.408 e. The molecule has 140 valence electrons. The van der Waals surface area contributed by atoms with Gasteiger partial charge in [0.25, 0.3) is 0 Å². The lowest BCUT2D eigenvalue weighted by Gasteiger charge is -2.22. The second kappa shape index (κ2) is 7.95. The first-order valence-corrected chi connectivity index (χ1v) is 8.25. The van der Waals surface area contributed by atoms with Gasteiger partial charge in [0.2, 0.25) is 0 Å². The number of carbonyl (C=O) groups excluding carboxylic acids is 2. The van der Waals surface area contributed by atoms with E-state index < -0.39 is 23.7 Å². The molecule has 3 N–H and O–H groups in total. The summed E-state index contributed by atoms with van der Waals surface area (Å²) in [6, 6.07) is 3.96. The first kappa shape index (κ1) is 19.4. The van der Waals surface area contributed by atoms with Gasteiger partial charge in [-0.25, -0.2) is 9.59 Å².